The third kappa shape index (κ3) is 4.76. The lowest BCUT2D eigenvalue weighted by atomic mass is 9.63. The van der Waals surface area contributed by atoms with Gasteiger partial charge in [0.05, 0.1) is 6.42 Å². The number of rotatable bonds is 3. The molecule has 21 heavy (non-hydrogen) atoms. The number of carbonyl (C=O) groups is 1. The summed E-state index contributed by atoms with van der Waals surface area (Å²) in [7, 11) is 0. The Labute approximate surface area is 128 Å². The summed E-state index contributed by atoms with van der Waals surface area (Å²) >= 11 is 0. The summed E-state index contributed by atoms with van der Waals surface area (Å²) in [5.74, 6) is 0.0964. The zero-order chi connectivity index (χ0) is 15.7. The Bertz CT molecular complexity index is 504. The van der Waals surface area contributed by atoms with Crippen LogP contribution in [-0.2, 0) is 11.2 Å². The van der Waals surface area contributed by atoms with E-state index in [0.29, 0.717) is 12.1 Å². The average Bonchev–Trinajstić information content (AvgIpc) is 2.23. The Kier molecular flexibility index (Phi) is 4.31. The molecule has 0 atom stereocenters. The van der Waals surface area contributed by atoms with Crippen LogP contribution in [0.15, 0.2) is 24.3 Å². The van der Waals surface area contributed by atoms with E-state index in [1.807, 2.05) is 24.3 Å². The molecule has 1 aliphatic carbocycles. The van der Waals surface area contributed by atoms with E-state index < -0.39 is 0 Å². The number of anilines is 1. The zero-order valence-electron chi connectivity index (χ0n) is 13.7. The summed E-state index contributed by atoms with van der Waals surface area (Å²) in [6.45, 7) is 9.19. The van der Waals surface area contributed by atoms with Crippen molar-refractivity contribution < 1.29 is 4.79 Å². The van der Waals surface area contributed by atoms with Gasteiger partial charge in [-0.3, -0.25) is 4.79 Å². The molecule has 0 radical (unpaired) electrons. The molecule has 1 aromatic rings. The number of hydrogen-bond acceptors (Lipinski definition) is 2. The maximum absolute atomic E-state index is 12.3. The van der Waals surface area contributed by atoms with Crippen molar-refractivity contribution in [2.45, 2.75) is 59.4 Å². The zero-order valence-corrected chi connectivity index (χ0v) is 13.7. The highest BCUT2D eigenvalue weighted by atomic mass is 16.1. The monoisotopic (exact) mass is 288 g/mol. The molecule has 3 N–H and O–H groups in total. The first-order valence-corrected chi connectivity index (χ1v) is 7.79. The van der Waals surface area contributed by atoms with Crippen molar-refractivity contribution in [3.63, 3.8) is 0 Å². The van der Waals surface area contributed by atoms with Gasteiger partial charge in [-0.05, 0) is 47.8 Å². The first-order chi connectivity index (χ1) is 9.65. The molecule has 2 rings (SSSR count). The normalized spacial score (nSPS) is 21.0. The van der Waals surface area contributed by atoms with Crippen LogP contribution < -0.4 is 11.1 Å². The highest BCUT2D eigenvalue weighted by molar-refractivity contribution is 5.79. The Hall–Kier alpha value is -1.51. The van der Waals surface area contributed by atoms with Gasteiger partial charge in [0.25, 0.3) is 0 Å². The van der Waals surface area contributed by atoms with Crippen LogP contribution in [-0.4, -0.2) is 11.9 Å². The molecule has 0 aromatic heterocycles. The molecule has 0 aliphatic heterocycles. The predicted octanol–water partition coefficient (Wildman–Crippen LogP) is 3.53. The summed E-state index contributed by atoms with van der Waals surface area (Å²) in [5, 5.41) is 3.22. The van der Waals surface area contributed by atoms with Crippen molar-refractivity contribution in [1.29, 1.82) is 0 Å². The topological polar surface area (TPSA) is 55.1 Å². The molecule has 1 saturated carbocycles. The Morgan fingerprint density at radius 3 is 2.43 bits per heavy atom. The molecule has 1 aromatic carbocycles. The number of amides is 1. The van der Waals surface area contributed by atoms with E-state index in [1.165, 1.54) is 6.42 Å². The summed E-state index contributed by atoms with van der Waals surface area (Å²) < 4.78 is 0. The molecule has 1 aliphatic rings. The van der Waals surface area contributed by atoms with Gasteiger partial charge in [-0.2, -0.15) is 0 Å². The summed E-state index contributed by atoms with van der Waals surface area (Å²) in [5.41, 5.74) is 8.02. The smallest absolute Gasteiger partial charge is 0.224 e. The van der Waals surface area contributed by atoms with Crippen LogP contribution in [0.5, 0.6) is 0 Å². The average molecular weight is 288 g/mol. The lowest BCUT2D eigenvalue weighted by molar-refractivity contribution is -0.122. The van der Waals surface area contributed by atoms with Crippen molar-refractivity contribution in [2.75, 3.05) is 5.73 Å². The van der Waals surface area contributed by atoms with E-state index in [0.717, 1.165) is 18.4 Å². The van der Waals surface area contributed by atoms with Gasteiger partial charge in [0.1, 0.15) is 0 Å². The molecule has 1 amide bonds. The van der Waals surface area contributed by atoms with Crippen LogP contribution >= 0.6 is 0 Å². The van der Waals surface area contributed by atoms with Crippen molar-refractivity contribution in [2.24, 2.45) is 10.8 Å². The van der Waals surface area contributed by atoms with E-state index >= 15 is 0 Å². The van der Waals surface area contributed by atoms with Crippen LogP contribution in [0.4, 0.5) is 5.69 Å². The second kappa shape index (κ2) is 5.70. The number of nitrogen functional groups attached to an aromatic ring is 1. The first kappa shape index (κ1) is 15.9. The minimum absolute atomic E-state index is 0.0964. The number of carbonyl (C=O) groups excluding carboxylic acids is 1. The number of nitrogens with one attached hydrogen (secondary N) is 1. The van der Waals surface area contributed by atoms with Gasteiger partial charge in [0.2, 0.25) is 5.91 Å². The Morgan fingerprint density at radius 2 is 1.86 bits per heavy atom. The molecule has 1 fully saturated rings. The van der Waals surface area contributed by atoms with Gasteiger partial charge in [-0.15, -0.1) is 0 Å². The third-order valence-corrected chi connectivity index (χ3v) is 4.24. The largest absolute Gasteiger partial charge is 0.399 e. The minimum atomic E-state index is 0.0964. The fraction of sp³-hybridized carbons (Fsp3) is 0.611. The second-order valence-electron chi connectivity index (χ2n) is 8.10. The number of hydrogen-bond donors (Lipinski definition) is 2. The standard InChI is InChI=1S/C18H28N2O/c1-17(2)10-15(11-18(3,4)12-17)20-16(21)9-13-6-5-7-14(19)8-13/h5-8,15H,9-12,19H2,1-4H3,(H,20,21). The van der Waals surface area contributed by atoms with E-state index in [9.17, 15) is 4.79 Å². The minimum Gasteiger partial charge on any atom is -0.399 e. The molecule has 0 bridgehead atoms. The Morgan fingerprint density at radius 1 is 1.24 bits per heavy atom. The van der Waals surface area contributed by atoms with Crippen LogP contribution in [0.2, 0.25) is 0 Å². The van der Waals surface area contributed by atoms with Crippen molar-refractivity contribution in [3.05, 3.63) is 29.8 Å². The van der Waals surface area contributed by atoms with Gasteiger partial charge in [-0.25, -0.2) is 0 Å². The molecular formula is C18H28N2O. The van der Waals surface area contributed by atoms with E-state index in [2.05, 4.69) is 33.0 Å². The van der Waals surface area contributed by atoms with Crippen molar-refractivity contribution >= 4 is 11.6 Å². The number of nitrogens with two attached hydrogens (primary N) is 1. The molecule has 3 nitrogen and oxygen atoms in total. The fourth-order valence-electron chi connectivity index (χ4n) is 4.12. The molecule has 0 spiro atoms. The lowest BCUT2D eigenvalue weighted by Crippen LogP contribution is -2.46. The van der Waals surface area contributed by atoms with Crippen LogP contribution in [0, 0.1) is 10.8 Å². The summed E-state index contributed by atoms with van der Waals surface area (Å²) in [6, 6.07) is 7.83. The maximum atomic E-state index is 12.3. The SMILES string of the molecule is CC1(C)CC(NC(=O)Cc2cccc(N)c2)CC(C)(C)C1. The molecular weight excluding hydrogens is 260 g/mol. The maximum Gasteiger partial charge on any atom is 0.224 e. The first-order valence-electron chi connectivity index (χ1n) is 7.79. The van der Waals surface area contributed by atoms with Crippen LogP contribution in [0.25, 0.3) is 0 Å². The predicted molar refractivity (Wildman–Crippen MR) is 87.9 cm³/mol. The second-order valence-corrected chi connectivity index (χ2v) is 8.10. The number of benzene rings is 1. The van der Waals surface area contributed by atoms with Gasteiger partial charge < -0.3 is 11.1 Å². The molecule has 0 heterocycles. The summed E-state index contributed by atoms with van der Waals surface area (Å²) in [4.78, 5) is 12.3. The van der Waals surface area contributed by atoms with E-state index in [4.69, 9.17) is 5.73 Å². The summed E-state index contributed by atoms with van der Waals surface area (Å²) in [6.07, 6.45) is 3.72. The lowest BCUT2D eigenvalue weighted by Gasteiger charge is -2.45. The van der Waals surface area contributed by atoms with Crippen LogP contribution in [0.1, 0.15) is 52.5 Å². The van der Waals surface area contributed by atoms with Crippen molar-refractivity contribution in [1.82, 2.24) is 5.32 Å². The quantitative estimate of drug-likeness (QED) is 0.836. The highest BCUT2D eigenvalue weighted by Gasteiger charge is 2.38. The fourth-order valence-corrected chi connectivity index (χ4v) is 4.12. The van der Waals surface area contributed by atoms with Gasteiger partial charge >= 0.3 is 0 Å². The molecule has 0 unspecified atom stereocenters. The van der Waals surface area contributed by atoms with Crippen LogP contribution in [0.3, 0.4) is 0 Å². The third-order valence-electron chi connectivity index (χ3n) is 4.24. The van der Waals surface area contributed by atoms with E-state index in [1.54, 1.807) is 0 Å². The van der Waals surface area contributed by atoms with Gasteiger partial charge in [-0.1, -0.05) is 39.8 Å². The molecule has 3 heteroatoms. The van der Waals surface area contributed by atoms with Gasteiger partial charge in [0.15, 0.2) is 0 Å². The Balaban J connectivity index is 1.96. The molecule has 116 valence electrons. The van der Waals surface area contributed by atoms with Gasteiger partial charge in [0, 0.05) is 11.7 Å². The van der Waals surface area contributed by atoms with E-state index in [-0.39, 0.29) is 22.8 Å². The molecule has 0 saturated heterocycles. The van der Waals surface area contributed by atoms with Crippen molar-refractivity contribution in [3.8, 4) is 0 Å². The highest BCUT2D eigenvalue weighted by Crippen LogP contribution is 2.45.